The zero-order valence-corrected chi connectivity index (χ0v) is 14.6. The Bertz CT molecular complexity index is 906. The van der Waals surface area contributed by atoms with Crippen molar-refractivity contribution in [3.8, 4) is 11.1 Å². The van der Waals surface area contributed by atoms with Gasteiger partial charge in [0.05, 0.1) is 6.20 Å². The number of alkyl halides is 2. The molecule has 3 rings (SSSR count). The van der Waals surface area contributed by atoms with Crippen LogP contribution < -0.4 is 11.1 Å². The molecule has 2 heterocycles. The first kappa shape index (κ1) is 17.9. The molecular formula is C16H16F2N6OS. The molecule has 0 radical (unpaired) electrons. The van der Waals surface area contributed by atoms with Gasteiger partial charge in [-0.3, -0.25) is 4.79 Å². The Labute approximate surface area is 151 Å². The maximum Gasteiger partial charge on any atom is 0.333 e. The predicted octanol–water partition coefficient (Wildman–Crippen LogP) is 2.66. The van der Waals surface area contributed by atoms with E-state index in [1.807, 2.05) is 0 Å². The summed E-state index contributed by atoms with van der Waals surface area (Å²) in [5.74, 6) is -0.228. The third kappa shape index (κ3) is 3.85. The highest BCUT2D eigenvalue weighted by Crippen LogP contribution is 2.26. The lowest BCUT2D eigenvalue weighted by atomic mass is 10.0. The van der Waals surface area contributed by atoms with E-state index in [-0.39, 0.29) is 5.91 Å². The van der Waals surface area contributed by atoms with E-state index in [1.54, 1.807) is 31.2 Å². The van der Waals surface area contributed by atoms with Gasteiger partial charge in [0.25, 0.3) is 5.91 Å². The summed E-state index contributed by atoms with van der Waals surface area (Å²) in [6.45, 7) is -0.692. The lowest BCUT2D eigenvalue weighted by Crippen LogP contribution is -2.25. The quantitative estimate of drug-likeness (QED) is 0.687. The zero-order chi connectivity index (χ0) is 18.7. The van der Waals surface area contributed by atoms with Gasteiger partial charge in [-0.2, -0.15) is 13.9 Å². The molecule has 0 spiro atoms. The van der Waals surface area contributed by atoms with Crippen LogP contribution in [0, 0.1) is 6.92 Å². The van der Waals surface area contributed by atoms with Gasteiger partial charge in [0.1, 0.15) is 5.01 Å². The molecule has 0 bridgehead atoms. The third-order valence-electron chi connectivity index (χ3n) is 3.79. The highest BCUT2D eigenvalue weighted by molar-refractivity contribution is 7.15. The summed E-state index contributed by atoms with van der Waals surface area (Å²) >= 11 is 1.28. The molecule has 3 N–H and O–H groups in total. The number of halogens is 2. The number of amides is 1. The van der Waals surface area contributed by atoms with Gasteiger partial charge < -0.3 is 11.1 Å². The van der Waals surface area contributed by atoms with Crippen molar-refractivity contribution in [2.75, 3.05) is 12.3 Å². The minimum absolute atomic E-state index is 0.228. The summed E-state index contributed by atoms with van der Waals surface area (Å²) in [7, 11) is 0. The number of nitrogens with zero attached hydrogens (tertiary/aromatic N) is 4. The lowest BCUT2D eigenvalue weighted by Gasteiger charge is -2.06. The van der Waals surface area contributed by atoms with Crippen LogP contribution in [0.4, 0.5) is 13.9 Å². The van der Waals surface area contributed by atoms with Crippen LogP contribution in [0.5, 0.6) is 0 Å². The largest absolute Gasteiger partial charge is 0.374 e. The first-order valence-electron chi connectivity index (χ1n) is 7.74. The Hall–Kier alpha value is -2.88. The molecule has 0 saturated carbocycles. The number of nitrogen functional groups attached to an aromatic ring is 1. The Balaban J connectivity index is 1.62. The molecule has 26 heavy (non-hydrogen) atoms. The topological polar surface area (TPSA) is 98.7 Å². The van der Waals surface area contributed by atoms with Crippen molar-refractivity contribution in [1.29, 1.82) is 0 Å². The van der Waals surface area contributed by atoms with Crippen LogP contribution in [0.3, 0.4) is 0 Å². The van der Waals surface area contributed by atoms with Crippen LogP contribution >= 0.6 is 11.3 Å². The lowest BCUT2D eigenvalue weighted by molar-refractivity contribution is 0.0545. The highest BCUT2D eigenvalue weighted by atomic mass is 32.1. The fourth-order valence-electron chi connectivity index (χ4n) is 2.46. The van der Waals surface area contributed by atoms with Gasteiger partial charge in [0.2, 0.25) is 5.13 Å². The van der Waals surface area contributed by atoms with E-state index in [2.05, 4.69) is 20.6 Å². The van der Waals surface area contributed by atoms with Crippen molar-refractivity contribution in [2.24, 2.45) is 0 Å². The van der Waals surface area contributed by atoms with Gasteiger partial charge in [0.15, 0.2) is 0 Å². The van der Waals surface area contributed by atoms with Gasteiger partial charge in [-0.1, -0.05) is 23.5 Å². The standard InChI is InChI=1S/C16H16F2N6OS/c1-9-12(8-21-24(9)15(17)18)10-2-4-11(5-3-10)14(25)20-7-6-13-22-23-16(19)26-13/h2-5,8,15H,6-7H2,1H3,(H2,19,23)(H,20,25). The number of carbonyl (C=O) groups is 1. The molecule has 0 unspecified atom stereocenters. The summed E-state index contributed by atoms with van der Waals surface area (Å²) in [5.41, 5.74) is 7.67. The Morgan fingerprint density at radius 1 is 1.31 bits per heavy atom. The first-order chi connectivity index (χ1) is 12.5. The molecule has 0 aliphatic carbocycles. The van der Waals surface area contributed by atoms with Gasteiger partial charge in [-0.15, -0.1) is 10.2 Å². The minimum atomic E-state index is -2.68. The summed E-state index contributed by atoms with van der Waals surface area (Å²) in [6, 6.07) is 6.71. The number of aromatic nitrogens is 4. The third-order valence-corrected chi connectivity index (χ3v) is 4.61. The fourth-order valence-corrected chi connectivity index (χ4v) is 3.07. The first-order valence-corrected chi connectivity index (χ1v) is 8.56. The molecule has 0 atom stereocenters. The van der Waals surface area contributed by atoms with E-state index >= 15 is 0 Å². The summed E-state index contributed by atoms with van der Waals surface area (Å²) in [6.07, 6.45) is 1.94. The molecule has 2 aromatic heterocycles. The van der Waals surface area contributed by atoms with Crippen molar-refractivity contribution in [2.45, 2.75) is 19.9 Å². The maximum atomic E-state index is 12.8. The number of rotatable bonds is 6. The highest BCUT2D eigenvalue weighted by Gasteiger charge is 2.15. The van der Waals surface area contributed by atoms with E-state index in [0.29, 0.717) is 39.6 Å². The number of carbonyl (C=O) groups excluding carboxylic acids is 1. The normalized spacial score (nSPS) is 11.1. The number of nitrogens with one attached hydrogen (secondary N) is 1. The van der Waals surface area contributed by atoms with Crippen LogP contribution in [0.25, 0.3) is 11.1 Å². The maximum absolute atomic E-state index is 12.8. The molecule has 0 aliphatic heterocycles. The number of nitrogens with two attached hydrogens (primary N) is 1. The summed E-state index contributed by atoms with van der Waals surface area (Å²) in [5, 5.41) is 15.2. The summed E-state index contributed by atoms with van der Waals surface area (Å²) in [4.78, 5) is 12.2. The van der Waals surface area contributed by atoms with Gasteiger partial charge in [0, 0.05) is 29.8 Å². The van der Waals surface area contributed by atoms with E-state index in [0.717, 1.165) is 10.6 Å². The fraction of sp³-hybridized carbons (Fsp3) is 0.250. The van der Waals surface area contributed by atoms with Crippen LogP contribution in [-0.4, -0.2) is 32.4 Å². The van der Waals surface area contributed by atoms with E-state index in [9.17, 15) is 13.6 Å². The van der Waals surface area contributed by atoms with Crippen LogP contribution in [0.1, 0.15) is 27.6 Å². The summed E-state index contributed by atoms with van der Waals surface area (Å²) < 4.78 is 26.3. The second-order valence-electron chi connectivity index (χ2n) is 5.48. The smallest absolute Gasteiger partial charge is 0.333 e. The van der Waals surface area contributed by atoms with Crippen LogP contribution in [-0.2, 0) is 6.42 Å². The Kier molecular flexibility index (Phi) is 5.21. The number of benzene rings is 1. The molecule has 0 fully saturated rings. The Morgan fingerprint density at radius 3 is 2.62 bits per heavy atom. The average molecular weight is 378 g/mol. The molecular weight excluding hydrogens is 362 g/mol. The minimum Gasteiger partial charge on any atom is -0.374 e. The van der Waals surface area contributed by atoms with Crippen LogP contribution in [0.15, 0.2) is 30.5 Å². The van der Waals surface area contributed by atoms with E-state index in [4.69, 9.17) is 5.73 Å². The van der Waals surface area contributed by atoms with E-state index < -0.39 is 6.55 Å². The molecule has 7 nitrogen and oxygen atoms in total. The Morgan fingerprint density at radius 2 is 2.04 bits per heavy atom. The monoisotopic (exact) mass is 378 g/mol. The predicted molar refractivity (Wildman–Crippen MR) is 94.0 cm³/mol. The van der Waals surface area contributed by atoms with Gasteiger partial charge in [-0.05, 0) is 24.6 Å². The van der Waals surface area contributed by atoms with Crippen molar-refractivity contribution in [1.82, 2.24) is 25.3 Å². The van der Waals surface area contributed by atoms with Crippen molar-refractivity contribution < 1.29 is 13.6 Å². The SMILES string of the molecule is Cc1c(-c2ccc(C(=O)NCCc3nnc(N)s3)cc2)cnn1C(F)F. The van der Waals surface area contributed by atoms with Crippen molar-refractivity contribution in [3.63, 3.8) is 0 Å². The van der Waals surface area contributed by atoms with Crippen molar-refractivity contribution in [3.05, 3.63) is 46.7 Å². The molecule has 1 amide bonds. The molecule has 3 aromatic rings. The molecule has 0 aliphatic rings. The molecule has 10 heteroatoms. The van der Waals surface area contributed by atoms with Crippen LogP contribution in [0.2, 0.25) is 0 Å². The van der Waals surface area contributed by atoms with E-state index in [1.165, 1.54) is 17.5 Å². The molecule has 0 saturated heterocycles. The second kappa shape index (κ2) is 7.56. The van der Waals surface area contributed by atoms with Gasteiger partial charge in [-0.25, -0.2) is 4.68 Å². The number of hydrogen-bond donors (Lipinski definition) is 2. The molecule has 1 aromatic carbocycles. The molecule has 136 valence electrons. The number of anilines is 1. The number of hydrogen-bond acceptors (Lipinski definition) is 6. The average Bonchev–Trinajstić information content (AvgIpc) is 3.20. The zero-order valence-electron chi connectivity index (χ0n) is 13.8. The second-order valence-corrected chi connectivity index (χ2v) is 6.58. The van der Waals surface area contributed by atoms with Crippen molar-refractivity contribution >= 4 is 22.4 Å². The van der Waals surface area contributed by atoms with Gasteiger partial charge >= 0.3 is 6.55 Å².